The second kappa shape index (κ2) is 10.7. The Bertz CT molecular complexity index is 757. The van der Waals surface area contributed by atoms with Crippen molar-refractivity contribution < 1.29 is 9.59 Å². The maximum absolute atomic E-state index is 12.5. The second-order valence-corrected chi connectivity index (χ2v) is 9.87. The third-order valence-electron chi connectivity index (χ3n) is 5.55. The quantitative estimate of drug-likeness (QED) is 0.374. The summed E-state index contributed by atoms with van der Waals surface area (Å²) in [6, 6.07) is 1.87. The molecule has 30 heavy (non-hydrogen) atoms. The van der Waals surface area contributed by atoms with Gasteiger partial charge in [0.1, 0.15) is 11.0 Å². The van der Waals surface area contributed by atoms with E-state index in [1.54, 1.807) is 6.07 Å². The minimum atomic E-state index is 0.107. The van der Waals surface area contributed by atoms with Gasteiger partial charge in [-0.2, -0.15) is 0 Å². The van der Waals surface area contributed by atoms with Crippen molar-refractivity contribution in [2.75, 3.05) is 43.4 Å². The normalized spacial score (nSPS) is 20.0. The molecular weight excluding hydrogens is 422 g/mol. The van der Waals surface area contributed by atoms with Crippen molar-refractivity contribution >= 4 is 41.0 Å². The smallest absolute Gasteiger partial charge is 0.233 e. The number of nitrogens with zero attached hydrogens (tertiary/aromatic N) is 5. The summed E-state index contributed by atoms with van der Waals surface area (Å²) in [5, 5.41) is 0.896. The summed E-state index contributed by atoms with van der Waals surface area (Å²) in [5.41, 5.74) is 0. The summed E-state index contributed by atoms with van der Waals surface area (Å²) in [6.07, 6.45) is 3.94. The van der Waals surface area contributed by atoms with Crippen LogP contribution < -0.4 is 4.90 Å². The summed E-state index contributed by atoms with van der Waals surface area (Å²) < 4.78 is 0. The Kier molecular flexibility index (Phi) is 8.22. The molecule has 2 aliphatic rings. The molecule has 1 atom stereocenters. The van der Waals surface area contributed by atoms with E-state index in [-0.39, 0.29) is 17.9 Å². The van der Waals surface area contributed by atoms with Gasteiger partial charge in [-0.25, -0.2) is 9.97 Å². The van der Waals surface area contributed by atoms with Crippen LogP contribution in [0.2, 0.25) is 5.15 Å². The first kappa shape index (κ1) is 23.1. The molecule has 0 aromatic carbocycles. The molecule has 1 aromatic rings. The maximum atomic E-state index is 12.5. The largest absolute Gasteiger partial charge is 0.353 e. The molecule has 1 unspecified atom stereocenters. The van der Waals surface area contributed by atoms with Crippen LogP contribution in [0.5, 0.6) is 0 Å². The van der Waals surface area contributed by atoms with Gasteiger partial charge in [0.05, 0.1) is 5.75 Å². The molecule has 2 amide bonds. The number of likely N-dealkylation sites (tertiary alicyclic amines) is 1. The molecule has 3 heterocycles. The topological polar surface area (TPSA) is 69.6 Å². The molecule has 2 fully saturated rings. The Balaban J connectivity index is 1.60. The number of hydrogen-bond donors (Lipinski definition) is 0. The van der Waals surface area contributed by atoms with Gasteiger partial charge >= 0.3 is 0 Å². The van der Waals surface area contributed by atoms with E-state index < -0.39 is 0 Å². The molecule has 0 N–H and O–H groups in total. The highest BCUT2D eigenvalue weighted by molar-refractivity contribution is 7.99. The number of halogens is 1. The highest BCUT2D eigenvalue weighted by atomic mass is 35.5. The zero-order valence-electron chi connectivity index (χ0n) is 18.1. The van der Waals surface area contributed by atoms with E-state index in [9.17, 15) is 9.59 Å². The predicted octanol–water partition coefficient (Wildman–Crippen LogP) is 3.32. The van der Waals surface area contributed by atoms with Crippen LogP contribution in [0.15, 0.2) is 11.2 Å². The zero-order valence-corrected chi connectivity index (χ0v) is 19.7. The van der Waals surface area contributed by atoms with Gasteiger partial charge in [0.2, 0.25) is 11.8 Å². The van der Waals surface area contributed by atoms with Crippen molar-refractivity contribution in [1.29, 1.82) is 0 Å². The molecular formula is C21H32ClN5O2S. The van der Waals surface area contributed by atoms with Crippen molar-refractivity contribution in [3.05, 3.63) is 11.2 Å². The van der Waals surface area contributed by atoms with Crippen LogP contribution in [-0.2, 0) is 9.59 Å². The molecule has 166 valence electrons. The van der Waals surface area contributed by atoms with Crippen molar-refractivity contribution in [3.8, 4) is 0 Å². The van der Waals surface area contributed by atoms with E-state index in [0.717, 1.165) is 31.7 Å². The van der Waals surface area contributed by atoms with Gasteiger partial charge in [-0.1, -0.05) is 37.2 Å². The van der Waals surface area contributed by atoms with Gasteiger partial charge < -0.3 is 14.7 Å². The number of hydrogen-bond acceptors (Lipinski definition) is 6. The van der Waals surface area contributed by atoms with Crippen molar-refractivity contribution in [3.63, 3.8) is 0 Å². The highest BCUT2D eigenvalue weighted by Gasteiger charge is 2.28. The second-order valence-electron chi connectivity index (χ2n) is 8.54. The lowest BCUT2D eigenvalue weighted by atomic mass is 10.1. The van der Waals surface area contributed by atoms with E-state index in [1.165, 1.54) is 18.2 Å². The number of rotatable bonds is 6. The van der Waals surface area contributed by atoms with Crippen LogP contribution in [-0.4, -0.2) is 76.1 Å². The first-order valence-corrected chi connectivity index (χ1v) is 12.2. The summed E-state index contributed by atoms with van der Waals surface area (Å²) >= 11 is 7.59. The van der Waals surface area contributed by atoms with Crippen LogP contribution in [0, 0.1) is 5.92 Å². The van der Waals surface area contributed by atoms with Gasteiger partial charge in [0, 0.05) is 51.3 Å². The minimum Gasteiger partial charge on any atom is -0.353 e. The molecule has 0 bridgehead atoms. The third-order valence-corrected chi connectivity index (χ3v) is 6.57. The molecule has 2 saturated heterocycles. The number of anilines is 1. The number of aromatic nitrogens is 2. The number of carbonyl (C=O) groups excluding carboxylic acids is 2. The minimum absolute atomic E-state index is 0.107. The fraction of sp³-hybridized carbons (Fsp3) is 0.714. The molecule has 0 spiro atoms. The lowest BCUT2D eigenvalue weighted by Gasteiger charge is -2.40. The van der Waals surface area contributed by atoms with Crippen LogP contribution in [0.3, 0.4) is 0 Å². The van der Waals surface area contributed by atoms with Gasteiger partial charge in [0.25, 0.3) is 0 Å². The molecule has 2 aliphatic heterocycles. The van der Waals surface area contributed by atoms with Crippen LogP contribution >= 0.6 is 23.4 Å². The fourth-order valence-electron chi connectivity index (χ4n) is 3.98. The Hall–Kier alpha value is -1.54. The number of piperazine rings is 1. The molecule has 0 radical (unpaired) electrons. The first-order valence-electron chi connectivity index (χ1n) is 10.8. The van der Waals surface area contributed by atoms with E-state index >= 15 is 0 Å². The van der Waals surface area contributed by atoms with E-state index in [0.29, 0.717) is 48.0 Å². The molecule has 3 rings (SSSR count). The predicted molar refractivity (Wildman–Crippen MR) is 121 cm³/mol. The van der Waals surface area contributed by atoms with Crippen molar-refractivity contribution in [2.45, 2.75) is 57.7 Å². The maximum Gasteiger partial charge on any atom is 0.233 e. The van der Waals surface area contributed by atoms with Gasteiger partial charge in [0.15, 0.2) is 5.16 Å². The Morgan fingerprint density at radius 3 is 2.53 bits per heavy atom. The van der Waals surface area contributed by atoms with Crippen LogP contribution in [0.25, 0.3) is 0 Å². The number of piperidine rings is 1. The first-order chi connectivity index (χ1) is 14.3. The SMILES string of the molecule is CC(C)CC(=O)N1CCN(c2cc(Cl)nc(SCC(=O)N3CCCCC3)n2)CC1C. The Morgan fingerprint density at radius 1 is 1.13 bits per heavy atom. The average molecular weight is 454 g/mol. The molecule has 1 aromatic heterocycles. The fourth-order valence-corrected chi connectivity index (χ4v) is 4.96. The van der Waals surface area contributed by atoms with E-state index in [1.807, 2.05) is 9.80 Å². The van der Waals surface area contributed by atoms with Gasteiger partial charge in [-0.05, 0) is 32.1 Å². The number of thioether (sulfide) groups is 1. The average Bonchev–Trinajstić information content (AvgIpc) is 2.71. The zero-order chi connectivity index (χ0) is 21.7. The summed E-state index contributed by atoms with van der Waals surface area (Å²) in [7, 11) is 0. The van der Waals surface area contributed by atoms with E-state index in [4.69, 9.17) is 11.6 Å². The summed E-state index contributed by atoms with van der Waals surface area (Å²) in [5.74, 6) is 1.79. The van der Waals surface area contributed by atoms with Gasteiger partial charge in [-0.15, -0.1) is 0 Å². The molecule has 7 nitrogen and oxygen atoms in total. The lowest BCUT2D eigenvalue weighted by Crippen LogP contribution is -2.54. The van der Waals surface area contributed by atoms with Crippen LogP contribution in [0.1, 0.15) is 46.5 Å². The molecule has 0 aliphatic carbocycles. The lowest BCUT2D eigenvalue weighted by molar-refractivity contribution is -0.134. The Morgan fingerprint density at radius 2 is 1.87 bits per heavy atom. The van der Waals surface area contributed by atoms with E-state index in [2.05, 4.69) is 35.6 Å². The molecule has 0 saturated carbocycles. The molecule has 9 heteroatoms. The van der Waals surface area contributed by atoms with Crippen LogP contribution in [0.4, 0.5) is 5.82 Å². The third kappa shape index (κ3) is 6.23. The number of amides is 2. The Labute approximate surface area is 188 Å². The monoisotopic (exact) mass is 453 g/mol. The van der Waals surface area contributed by atoms with Crippen molar-refractivity contribution in [1.82, 2.24) is 19.8 Å². The standard InChI is InChI=1S/C21H32ClN5O2S/c1-15(2)11-19(28)27-10-9-26(13-16(27)3)18-12-17(22)23-21(24-18)30-14-20(29)25-7-5-4-6-8-25/h12,15-16H,4-11,13-14H2,1-3H3. The van der Waals surface area contributed by atoms with Gasteiger partial charge in [-0.3, -0.25) is 9.59 Å². The number of carbonyl (C=O) groups is 2. The highest BCUT2D eigenvalue weighted by Crippen LogP contribution is 2.25. The van der Waals surface area contributed by atoms with Crippen molar-refractivity contribution in [2.24, 2.45) is 5.92 Å². The summed E-state index contributed by atoms with van der Waals surface area (Å²) in [4.78, 5) is 39.9. The summed E-state index contributed by atoms with van der Waals surface area (Å²) in [6.45, 7) is 9.97.